The van der Waals surface area contributed by atoms with Gasteiger partial charge in [-0.05, 0) is 31.4 Å². The molecule has 0 aromatic heterocycles. The van der Waals surface area contributed by atoms with Crippen molar-refractivity contribution in [3.8, 4) is 0 Å². The van der Waals surface area contributed by atoms with E-state index in [0.29, 0.717) is 5.92 Å². The minimum atomic E-state index is -4.58. The molecule has 1 aromatic rings. The van der Waals surface area contributed by atoms with E-state index in [4.69, 9.17) is 0 Å². The van der Waals surface area contributed by atoms with Gasteiger partial charge >= 0.3 is 5.76 Å². The van der Waals surface area contributed by atoms with Crippen molar-refractivity contribution in [3.05, 3.63) is 24.3 Å². The smallest absolute Gasteiger partial charge is 0.341 e. The third-order valence-corrected chi connectivity index (χ3v) is 4.09. The van der Waals surface area contributed by atoms with Crippen LogP contribution in [0.5, 0.6) is 0 Å². The predicted molar refractivity (Wildman–Crippen MR) is 72.2 cm³/mol. The van der Waals surface area contributed by atoms with Gasteiger partial charge in [0.25, 0.3) is 0 Å². The topological polar surface area (TPSA) is 46.2 Å². The summed E-state index contributed by atoms with van der Waals surface area (Å²) in [5.74, 6) is -2.97. The van der Waals surface area contributed by atoms with Gasteiger partial charge in [-0.25, -0.2) is 8.42 Å². The second kappa shape index (κ2) is 6.32. The van der Waals surface area contributed by atoms with Gasteiger partial charge in [0.2, 0.25) is 9.84 Å². The van der Waals surface area contributed by atoms with Crippen LogP contribution in [0.2, 0.25) is 0 Å². The summed E-state index contributed by atoms with van der Waals surface area (Å²) in [4.78, 5) is -0.347. The van der Waals surface area contributed by atoms with Crippen LogP contribution in [0.3, 0.4) is 0 Å². The quantitative estimate of drug-likeness (QED) is 0.872. The molecule has 0 fully saturated rings. The van der Waals surface area contributed by atoms with E-state index in [2.05, 4.69) is 5.32 Å². The molecule has 0 heterocycles. The van der Waals surface area contributed by atoms with E-state index >= 15 is 0 Å². The largest absolute Gasteiger partial charge is 0.382 e. The number of para-hydroxylation sites is 1. The van der Waals surface area contributed by atoms with Gasteiger partial charge in [-0.1, -0.05) is 26.0 Å². The summed E-state index contributed by atoms with van der Waals surface area (Å²) in [6.07, 6.45) is 0.822. The molecule has 0 spiro atoms. The zero-order valence-electron chi connectivity index (χ0n) is 11.2. The Kier molecular flexibility index (Phi) is 5.29. The van der Waals surface area contributed by atoms with E-state index < -0.39 is 15.6 Å². The minimum Gasteiger partial charge on any atom is -0.382 e. The summed E-state index contributed by atoms with van der Waals surface area (Å²) >= 11 is 0. The molecule has 1 aromatic carbocycles. The SMILES string of the molecule is CC(C)CC(C)Nc1ccccc1S(=O)(=O)C(F)F. The number of benzene rings is 1. The summed E-state index contributed by atoms with van der Waals surface area (Å²) in [5, 5.41) is 2.99. The van der Waals surface area contributed by atoms with E-state index in [9.17, 15) is 17.2 Å². The lowest BCUT2D eigenvalue weighted by Gasteiger charge is -2.19. The van der Waals surface area contributed by atoms with Crippen molar-refractivity contribution in [2.75, 3.05) is 5.32 Å². The van der Waals surface area contributed by atoms with Crippen LogP contribution in [0.4, 0.5) is 14.5 Å². The second-order valence-corrected chi connectivity index (χ2v) is 6.86. The molecule has 3 nitrogen and oxygen atoms in total. The molecule has 0 aliphatic rings. The molecule has 6 heteroatoms. The fourth-order valence-electron chi connectivity index (χ4n) is 1.96. The van der Waals surface area contributed by atoms with Crippen LogP contribution >= 0.6 is 0 Å². The zero-order chi connectivity index (χ0) is 14.6. The first-order chi connectivity index (χ1) is 8.75. The summed E-state index contributed by atoms with van der Waals surface area (Å²) in [6, 6.07) is 5.77. The molecule has 0 aliphatic heterocycles. The average Bonchev–Trinajstić information content (AvgIpc) is 2.27. The van der Waals surface area contributed by atoms with E-state index in [1.54, 1.807) is 6.07 Å². The molecule has 108 valence electrons. The Balaban J connectivity index is 3.04. The van der Waals surface area contributed by atoms with Crippen molar-refractivity contribution in [1.29, 1.82) is 0 Å². The highest BCUT2D eigenvalue weighted by molar-refractivity contribution is 7.91. The zero-order valence-corrected chi connectivity index (χ0v) is 12.0. The Hall–Kier alpha value is -1.17. The van der Waals surface area contributed by atoms with Gasteiger partial charge in [-0.15, -0.1) is 0 Å². The molecule has 0 saturated carbocycles. The minimum absolute atomic E-state index is 0.00835. The molecule has 0 bridgehead atoms. The number of hydrogen-bond acceptors (Lipinski definition) is 3. The maximum absolute atomic E-state index is 12.6. The fraction of sp³-hybridized carbons (Fsp3) is 0.538. The van der Waals surface area contributed by atoms with Crippen LogP contribution < -0.4 is 5.32 Å². The molecule has 1 atom stereocenters. The van der Waals surface area contributed by atoms with E-state index in [1.165, 1.54) is 18.2 Å². The van der Waals surface area contributed by atoms with E-state index in [1.807, 2.05) is 20.8 Å². The molecule has 1 unspecified atom stereocenters. The lowest BCUT2D eigenvalue weighted by Crippen LogP contribution is -2.20. The van der Waals surface area contributed by atoms with E-state index in [0.717, 1.165) is 6.42 Å². The number of hydrogen-bond donors (Lipinski definition) is 1. The highest BCUT2D eigenvalue weighted by atomic mass is 32.2. The van der Waals surface area contributed by atoms with Gasteiger partial charge < -0.3 is 5.32 Å². The Bertz CT molecular complexity index is 515. The molecule has 1 rings (SSSR count). The third-order valence-electron chi connectivity index (χ3n) is 2.66. The van der Waals surface area contributed by atoms with Crippen molar-refractivity contribution in [1.82, 2.24) is 0 Å². The summed E-state index contributed by atoms with van der Waals surface area (Å²) in [7, 11) is -4.58. The molecule has 1 N–H and O–H groups in total. The van der Waals surface area contributed by atoms with Crippen molar-refractivity contribution >= 4 is 15.5 Å². The highest BCUT2D eigenvalue weighted by Gasteiger charge is 2.29. The van der Waals surface area contributed by atoms with Gasteiger partial charge in [-0.3, -0.25) is 0 Å². The highest BCUT2D eigenvalue weighted by Crippen LogP contribution is 2.27. The summed E-state index contributed by atoms with van der Waals surface area (Å²) < 4.78 is 48.4. The molecule has 19 heavy (non-hydrogen) atoms. The second-order valence-electron chi connectivity index (χ2n) is 4.98. The van der Waals surface area contributed by atoms with Gasteiger partial charge in [0.15, 0.2) is 0 Å². The molecule has 0 saturated heterocycles. The standard InChI is InChI=1S/C13H19F2NO2S/c1-9(2)8-10(3)16-11-6-4-5-7-12(11)19(17,18)13(14)15/h4-7,9-10,13,16H,8H2,1-3H3. The summed E-state index contributed by atoms with van der Waals surface area (Å²) in [5.41, 5.74) is 0.232. The monoisotopic (exact) mass is 291 g/mol. The van der Waals surface area contributed by atoms with Crippen LogP contribution in [0.15, 0.2) is 29.2 Å². The van der Waals surface area contributed by atoms with E-state index in [-0.39, 0.29) is 16.6 Å². The van der Waals surface area contributed by atoms with Crippen LogP contribution in [0, 0.1) is 5.92 Å². The number of nitrogens with one attached hydrogen (secondary N) is 1. The first-order valence-electron chi connectivity index (χ1n) is 6.12. The Morgan fingerprint density at radius 1 is 1.16 bits per heavy atom. The number of anilines is 1. The molecular formula is C13H19F2NO2S. The Morgan fingerprint density at radius 2 is 1.74 bits per heavy atom. The molecular weight excluding hydrogens is 272 g/mol. The Morgan fingerprint density at radius 3 is 2.26 bits per heavy atom. The maximum Gasteiger partial charge on any atom is 0.341 e. The first kappa shape index (κ1) is 15.9. The molecule has 0 radical (unpaired) electrons. The predicted octanol–water partition coefficient (Wildman–Crippen LogP) is 3.53. The van der Waals surface area contributed by atoms with Crippen LogP contribution in [-0.4, -0.2) is 20.2 Å². The number of sulfone groups is 1. The van der Waals surface area contributed by atoms with Crippen molar-refractivity contribution in [2.45, 2.75) is 43.9 Å². The third kappa shape index (κ3) is 4.16. The van der Waals surface area contributed by atoms with Crippen LogP contribution in [0.25, 0.3) is 0 Å². The first-order valence-corrected chi connectivity index (χ1v) is 7.67. The number of rotatable bonds is 6. The van der Waals surface area contributed by atoms with Crippen molar-refractivity contribution in [2.24, 2.45) is 5.92 Å². The Labute approximate surface area is 112 Å². The van der Waals surface area contributed by atoms with Crippen LogP contribution in [-0.2, 0) is 9.84 Å². The van der Waals surface area contributed by atoms with Crippen molar-refractivity contribution in [3.63, 3.8) is 0 Å². The molecule has 0 amide bonds. The van der Waals surface area contributed by atoms with Gasteiger partial charge in [-0.2, -0.15) is 8.78 Å². The van der Waals surface area contributed by atoms with Crippen LogP contribution in [0.1, 0.15) is 27.2 Å². The number of alkyl halides is 2. The van der Waals surface area contributed by atoms with Crippen molar-refractivity contribution < 1.29 is 17.2 Å². The number of halogens is 2. The average molecular weight is 291 g/mol. The normalized spacial score (nSPS) is 13.8. The lowest BCUT2D eigenvalue weighted by molar-refractivity contribution is 0.235. The van der Waals surface area contributed by atoms with Gasteiger partial charge in [0, 0.05) is 6.04 Å². The fourth-order valence-corrected chi connectivity index (χ4v) is 2.86. The molecule has 0 aliphatic carbocycles. The van der Waals surface area contributed by atoms with Gasteiger partial charge in [0.1, 0.15) is 0 Å². The summed E-state index contributed by atoms with van der Waals surface area (Å²) in [6.45, 7) is 5.98. The van der Waals surface area contributed by atoms with Gasteiger partial charge in [0.05, 0.1) is 10.6 Å². The maximum atomic E-state index is 12.6. The lowest BCUT2D eigenvalue weighted by atomic mass is 10.1.